The summed E-state index contributed by atoms with van der Waals surface area (Å²) in [7, 11) is 0. The molecule has 1 fully saturated rings. The van der Waals surface area contributed by atoms with Crippen LogP contribution < -0.4 is 11.1 Å². The second kappa shape index (κ2) is 8.89. The molecule has 1 heterocycles. The van der Waals surface area contributed by atoms with Crippen LogP contribution in [0.25, 0.3) is 0 Å². The van der Waals surface area contributed by atoms with E-state index in [0.717, 1.165) is 47.0 Å². The van der Waals surface area contributed by atoms with Gasteiger partial charge < -0.3 is 16.5 Å². The van der Waals surface area contributed by atoms with Crippen LogP contribution in [0.15, 0.2) is 51.8 Å². The van der Waals surface area contributed by atoms with Crippen molar-refractivity contribution in [2.45, 2.75) is 32.7 Å². The molecular weight excluding hydrogens is 318 g/mol. The number of hydrogen-bond donors (Lipinski definition) is 3. The Morgan fingerprint density at radius 3 is 2.92 bits per heavy atom. The molecule has 0 saturated heterocycles. The molecular formula is C18H27N5S. The maximum absolute atomic E-state index is 7.20. The monoisotopic (exact) mass is 345 g/mol. The standard InChI is InChI=1S/C18H27N5S/c1-4-23(15-5-6-15)10-9-21-18-12-14(3)22-13(2)11-17(24-18)16(20)7-8-19/h7-8,11-12,15,19,22H,2,4-6,9-10,20H2,1,3H3/b14-12?,16-7-,17-11-,19-8?,21-18?. The number of allylic oxidation sites excluding steroid dienone is 3. The van der Waals surface area contributed by atoms with Crippen molar-refractivity contribution < 1.29 is 0 Å². The van der Waals surface area contributed by atoms with E-state index < -0.39 is 0 Å². The average Bonchev–Trinajstić information content (AvgIpc) is 3.33. The van der Waals surface area contributed by atoms with Crippen LogP contribution in [0.3, 0.4) is 0 Å². The fraction of sp³-hybridized carbons (Fsp3) is 0.444. The van der Waals surface area contributed by atoms with Crippen LogP contribution >= 0.6 is 11.8 Å². The number of rotatable bonds is 7. The van der Waals surface area contributed by atoms with Crippen molar-refractivity contribution in [1.29, 1.82) is 5.41 Å². The number of nitrogens with one attached hydrogen (secondary N) is 2. The second-order valence-electron chi connectivity index (χ2n) is 5.96. The average molecular weight is 346 g/mol. The predicted molar refractivity (Wildman–Crippen MR) is 105 cm³/mol. The molecule has 0 bridgehead atoms. The molecule has 0 spiro atoms. The van der Waals surface area contributed by atoms with Gasteiger partial charge in [-0.05, 0) is 44.5 Å². The molecule has 0 amide bonds. The van der Waals surface area contributed by atoms with E-state index in [4.69, 9.17) is 16.1 Å². The van der Waals surface area contributed by atoms with E-state index in [9.17, 15) is 0 Å². The van der Waals surface area contributed by atoms with Gasteiger partial charge in [-0.15, -0.1) is 0 Å². The molecule has 2 aliphatic rings. The number of likely N-dealkylation sites (N-methyl/N-ethyl adjacent to an activating group) is 1. The number of hydrogen-bond acceptors (Lipinski definition) is 6. The summed E-state index contributed by atoms with van der Waals surface area (Å²) in [6.07, 6.45) is 9.33. The highest BCUT2D eigenvalue weighted by atomic mass is 32.2. The molecule has 0 atom stereocenters. The molecule has 24 heavy (non-hydrogen) atoms. The molecule has 1 saturated carbocycles. The van der Waals surface area contributed by atoms with Gasteiger partial charge in [0, 0.05) is 40.8 Å². The molecule has 0 aromatic rings. The van der Waals surface area contributed by atoms with Crippen LogP contribution in [0.4, 0.5) is 0 Å². The second-order valence-corrected chi connectivity index (χ2v) is 7.02. The normalized spacial score (nSPS) is 23.2. The summed E-state index contributed by atoms with van der Waals surface area (Å²) in [5.41, 5.74) is 8.38. The van der Waals surface area contributed by atoms with Crippen LogP contribution in [-0.4, -0.2) is 41.8 Å². The fourth-order valence-electron chi connectivity index (χ4n) is 2.56. The molecule has 6 heteroatoms. The van der Waals surface area contributed by atoms with E-state index in [1.165, 1.54) is 30.8 Å². The minimum Gasteiger partial charge on any atom is -0.398 e. The van der Waals surface area contributed by atoms with E-state index in [-0.39, 0.29) is 0 Å². The highest BCUT2D eigenvalue weighted by molar-refractivity contribution is 8.17. The first-order valence-corrected chi connectivity index (χ1v) is 9.14. The fourth-order valence-corrected chi connectivity index (χ4v) is 3.56. The van der Waals surface area contributed by atoms with Crippen LogP contribution in [0.5, 0.6) is 0 Å². The van der Waals surface area contributed by atoms with E-state index in [1.54, 1.807) is 6.08 Å². The first kappa shape index (κ1) is 18.5. The van der Waals surface area contributed by atoms with Crippen LogP contribution in [0.1, 0.15) is 26.7 Å². The Morgan fingerprint density at radius 1 is 1.54 bits per heavy atom. The van der Waals surface area contributed by atoms with Gasteiger partial charge in [0.25, 0.3) is 0 Å². The van der Waals surface area contributed by atoms with Crippen molar-refractivity contribution in [2.75, 3.05) is 19.6 Å². The third-order valence-electron chi connectivity index (χ3n) is 3.89. The number of nitrogens with two attached hydrogens (primary N) is 1. The van der Waals surface area contributed by atoms with Crippen molar-refractivity contribution in [3.63, 3.8) is 0 Å². The first-order valence-electron chi connectivity index (χ1n) is 8.32. The van der Waals surface area contributed by atoms with Crippen LogP contribution in [-0.2, 0) is 0 Å². The maximum Gasteiger partial charge on any atom is 0.0970 e. The topological polar surface area (TPSA) is 77.5 Å². The molecule has 5 nitrogen and oxygen atoms in total. The molecule has 0 aromatic heterocycles. The quantitative estimate of drug-likeness (QED) is 0.620. The molecule has 130 valence electrons. The predicted octanol–water partition coefficient (Wildman–Crippen LogP) is 3.00. The molecule has 1 aliphatic carbocycles. The summed E-state index contributed by atoms with van der Waals surface area (Å²) in [5, 5.41) is 11.4. The highest BCUT2D eigenvalue weighted by Crippen LogP contribution is 2.28. The van der Waals surface area contributed by atoms with Crippen molar-refractivity contribution >= 4 is 23.0 Å². The highest BCUT2D eigenvalue weighted by Gasteiger charge is 2.27. The van der Waals surface area contributed by atoms with Gasteiger partial charge in [0.2, 0.25) is 0 Å². The lowest BCUT2D eigenvalue weighted by Crippen LogP contribution is -2.28. The van der Waals surface area contributed by atoms with E-state index in [2.05, 4.69) is 23.7 Å². The molecule has 0 aromatic carbocycles. The van der Waals surface area contributed by atoms with Crippen molar-refractivity contribution in [2.24, 2.45) is 10.7 Å². The Morgan fingerprint density at radius 2 is 2.29 bits per heavy atom. The van der Waals surface area contributed by atoms with Gasteiger partial charge in [-0.25, -0.2) is 0 Å². The van der Waals surface area contributed by atoms with Crippen molar-refractivity contribution in [3.8, 4) is 0 Å². The van der Waals surface area contributed by atoms with Gasteiger partial charge in [-0.2, -0.15) is 0 Å². The first-order chi connectivity index (χ1) is 11.5. The third kappa shape index (κ3) is 5.69. The van der Waals surface area contributed by atoms with Gasteiger partial charge in [0.05, 0.1) is 11.6 Å². The Bertz CT molecular complexity index is 611. The van der Waals surface area contributed by atoms with Gasteiger partial charge in [-0.1, -0.05) is 25.3 Å². The molecule has 0 unspecified atom stereocenters. The zero-order valence-corrected chi connectivity index (χ0v) is 15.3. The van der Waals surface area contributed by atoms with Gasteiger partial charge in [0.1, 0.15) is 0 Å². The minimum atomic E-state index is 0.548. The summed E-state index contributed by atoms with van der Waals surface area (Å²) in [6, 6.07) is 0.768. The summed E-state index contributed by atoms with van der Waals surface area (Å²) in [4.78, 5) is 8.11. The summed E-state index contributed by atoms with van der Waals surface area (Å²) < 4.78 is 0. The molecule has 0 radical (unpaired) electrons. The SMILES string of the molecule is C=C1/C=C(/C(N)=C/C=N)SC(=NCCN(CC)C2CC2)C=C(C)N1. The Labute approximate surface area is 149 Å². The summed E-state index contributed by atoms with van der Waals surface area (Å²) in [6.45, 7) is 11.0. The lowest BCUT2D eigenvalue weighted by molar-refractivity contribution is 0.286. The molecule has 4 N–H and O–H groups in total. The number of nitrogens with zero attached hydrogens (tertiary/aromatic N) is 2. The van der Waals surface area contributed by atoms with E-state index in [0.29, 0.717) is 5.70 Å². The largest absolute Gasteiger partial charge is 0.398 e. The smallest absolute Gasteiger partial charge is 0.0970 e. The van der Waals surface area contributed by atoms with Crippen molar-refractivity contribution in [1.82, 2.24) is 10.2 Å². The Balaban J connectivity index is 2.10. The number of aliphatic imine (C=N–C) groups is 1. The van der Waals surface area contributed by atoms with Gasteiger partial charge >= 0.3 is 0 Å². The zero-order valence-electron chi connectivity index (χ0n) is 14.5. The molecule has 1 aliphatic heterocycles. The van der Waals surface area contributed by atoms with E-state index in [1.807, 2.05) is 19.1 Å². The maximum atomic E-state index is 7.20. The molecule has 2 rings (SSSR count). The lowest BCUT2D eigenvalue weighted by atomic mass is 10.3. The summed E-state index contributed by atoms with van der Waals surface area (Å²) >= 11 is 1.52. The van der Waals surface area contributed by atoms with Gasteiger partial charge in [-0.3, -0.25) is 9.89 Å². The third-order valence-corrected chi connectivity index (χ3v) is 4.92. The Kier molecular flexibility index (Phi) is 6.87. The minimum absolute atomic E-state index is 0.548. The number of thioether (sulfide) groups is 1. The van der Waals surface area contributed by atoms with Crippen LogP contribution in [0, 0.1) is 5.41 Å². The van der Waals surface area contributed by atoms with E-state index >= 15 is 0 Å². The van der Waals surface area contributed by atoms with Crippen LogP contribution in [0.2, 0.25) is 0 Å². The zero-order chi connectivity index (χ0) is 17.5. The lowest BCUT2D eigenvalue weighted by Gasteiger charge is -2.19. The van der Waals surface area contributed by atoms with Crippen molar-refractivity contribution in [3.05, 3.63) is 46.8 Å². The summed E-state index contributed by atoms with van der Waals surface area (Å²) in [5.74, 6) is 0. The Hall–Kier alpha value is -1.79. The van der Waals surface area contributed by atoms with Gasteiger partial charge in [0.15, 0.2) is 0 Å².